The van der Waals surface area contributed by atoms with Gasteiger partial charge in [-0.05, 0) is 26.0 Å². The van der Waals surface area contributed by atoms with Crippen molar-refractivity contribution < 1.29 is 0 Å². The Labute approximate surface area is 203 Å². The highest BCUT2D eigenvalue weighted by atomic mass is 15.3. The molecule has 1 aromatic carbocycles. The molecule has 0 radical (unpaired) electrons. The highest BCUT2D eigenvalue weighted by Crippen LogP contribution is 2.26. The molecule has 0 bridgehead atoms. The number of likely N-dealkylation sites (N-methyl/N-ethyl adjacent to an activating group) is 1. The normalized spacial score (nSPS) is 14.9. The molecule has 1 aliphatic rings. The number of piperazine rings is 1. The van der Waals surface area contributed by atoms with Crippen molar-refractivity contribution in [3.05, 3.63) is 59.8 Å². The van der Waals surface area contributed by atoms with Crippen molar-refractivity contribution in [2.75, 3.05) is 38.1 Å². The predicted octanol–water partition coefficient (Wildman–Crippen LogP) is 2.60. The summed E-state index contributed by atoms with van der Waals surface area (Å²) in [5.74, 6) is 2.33. The van der Waals surface area contributed by atoms with Crippen molar-refractivity contribution in [2.24, 2.45) is 0 Å². The number of rotatable bonds is 5. The maximum absolute atomic E-state index is 5.02. The second-order valence-corrected chi connectivity index (χ2v) is 9.04. The number of hydrogen-bond acceptors (Lipinski definition) is 8. The number of aromatic nitrogens is 8. The SMILES string of the molecule is CCc1nc(-c2nc3cnc(N4CCN(C)CC4)nc3n2Cc2ccccc2)cn2c(C)nnc12. The molecule has 0 aliphatic carbocycles. The summed E-state index contributed by atoms with van der Waals surface area (Å²) in [6.45, 7) is 8.48. The van der Waals surface area contributed by atoms with E-state index in [0.717, 1.165) is 78.4 Å². The van der Waals surface area contributed by atoms with Crippen LogP contribution in [-0.4, -0.2) is 77.2 Å². The summed E-state index contributed by atoms with van der Waals surface area (Å²) in [4.78, 5) is 24.2. The van der Waals surface area contributed by atoms with Gasteiger partial charge in [0.1, 0.15) is 17.0 Å². The highest BCUT2D eigenvalue weighted by molar-refractivity contribution is 5.77. The first-order valence-electron chi connectivity index (χ1n) is 12.0. The minimum Gasteiger partial charge on any atom is -0.338 e. The molecule has 1 fully saturated rings. The molecule has 0 atom stereocenters. The maximum Gasteiger partial charge on any atom is 0.227 e. The molecule has 1 aliphatic heterocycles. The van der Waals surface area contributed by atoms with E-state index in [9.17, 15) is 0 Å². The molecule has 10 heteroatoms. The molecule has 0 N–H and O–H groups in total. The minimum absolute atomic E-state index is 0.633. The summed E-state index contributed by atoms with van der Waals surface area (Å²) in [5, 5.41) is 8.57. The van der Waals surface area contributed by atoms with Gasteiger partial charge in [-0.3, -0.25) is 4.40 Å². The average molecular weight is 469 g/mol. The third-order valence-corrected chi connectivity index (χ3v) is 6.64. The molecule has 4 aromatic heterocycles. The Kier molecular flexibility index (Phi) is 5.37. The Morgan fingerprint density at radius 2 is 1.71 bits per heavy atom. The maximum atomic E-state index is 5.02. The van der Waals surface area contributed by atoms with E-state index < -0.39 is 0 Å². The van der Waals surface area contributed by atoms with Crippen LogP contribution >= 0.6 is 0 Å². The van der Waals surface area contributed by atoms with E-state index in [1.165, 1.54) is 5.56 Å². The molecule has 0 unspecified atom stereocenters. The topological polar surface area (TPSA) is 93.2 Å². The third kappa shape index (κ3) is 3.89. The molecule has 178 valence electrons. The van der Waals surface area contributed by atoms with Crippen molar-refractivity contribution in [1.82, 2.24) is 44.0 Å². The smallest absolute Gasteiger partial charge is 0.227 e. The summed E-state index contributed by atoms with van der Waals surface area (Å²) < 4.78 is 4.15. The molecule has 35 heavy (non-hydrogen) atoms. The Morgan fingerprint density at radius 1 is 0.914 bits per heavy atom. The second-order valence-electron chi connectivity index (χ2n) is 9.04. The van der Waals surface area contributed by atoms with Gasteiger partial charge in [0.2, 0.25) is 5.95 Å². The van der Waals surface area contributed by atoms with Crippen LogP contribution in [0.1, 0.15) is 24.0 Å². The molecule has 0 saturated carbocycles. The Hall–Kier alpha value is -3.92. The Morgan fingerprint density at radius 3 is 2.49 bits per heavy atom. The average Bonchev–Trinajstić information content (AvgIpc) is 3.44. The zero-order valence-corrected chi connectivity index (χ0v) is 20.3. The molecule has 0 amide bonds. The molecule has 0 spiro atoms. The Balaban J connectivity index is 1.52. The van der Waals surface area contributed by atoms with E-state index in [0.29, 0.717) is 6.54 Å². The van der Waals surface area contributed by atoms with E-state index in [-0.39, 0.29) is 0 Å². The van der Waals surface area contributed by atoms with Crippen LogP contribution in [0.2, 0.25) is 0 Å². The molecule has 10 nitrogen and oxygen atoms in total. The van der Waals surface area contributed by atoms with Gasteiger partial charge in [-0.25, -0.2) is 15.0 Å². The van der Waals surface area contributed by atoms with Crippen LogP contribution in [0.3, 0.4) is 0 Å². The number of aryl methyl sites for hydroxylation is 2. The molecular weight excluding hydrogens is 440 g/mol. The molecule has 1 saturated heterocycles. The lowest BCUT2D eigenvalue weighted by Crippen LogP contribution is -2.45. The lowest BCUT2D eigenvalue weighted by Gasteiger charge is -2.32. The van der Waals surface area contributed by atoms with E-state index in [1.807, 2.05) is 29.8 Å². The van der Waals surface area contributed by atoms with Crippen LogP contribution in [0.15, 0.2) is 42.7 Å². The molecular formula is C25H28N10. The van der Waals surface area contributed by atoms with E-state index >= 15 is 0 Å². The minimum atomic E-state index is 0.633. The Bertz CT molecular complexity index is 1500. The van der Waals surface area contributed by atoms with Gasteiger partial charge in [0.05, 0.1) is 18.4 Å². The summed E-state index contributed by atoms with van der Waals surface area (Å²) >= 11 is 0. The van der Waals surface area contributed by atoms with Crippen LogP contribution in [0.4, 0.5) is 5.95 Å². The zero-order valence-electron chi connectivity index (χ0n) is 20.3. The van der Waals surface area contributed by atoms with Crippen molar-refractivity contribution in [3.8, 4) is 11.5 Å². The van der Waals surface area contributed by atoms with Crippen LogP contribution in [0.5, 0.6) is 0 Å². The largest absolute Gasteiger partial charge is 0.338 e. The first-order valence-corrected chi connectivity index (χ1v) is 12.0. The van der Waals surface area contributed by atoms with E-state index in [2.05, 4.69) is 67.8 Å². The summed E-state index contributed by atoms with van der Waals surface area (Å²) in [7, 11) is 2.15. The van der Waals surface area contributed by atoms with E-state index in [1.54, 1.807) is 0 Å². The van der Waals surface area contributed by atoms with Gasteiger partial charge in [0, 0.05) is 32.4 Å². The number of fused-ring (bicyclic) bond motifs is 2. The lowest BCUT2D eigenvalue weighted by atomic mass is 10.2. The fourth-order valence-electron chi connectivity index (χ4n) is 4.59. The number of imidazole rings is 1. The van der Waals surface area contributed by atoms with Crippen LogP contribution < -0.4 is 4.90 Å². The van der Waals surface area contributed by atoms with Gasteiger partial charge in [0.25, 0.3) is 0 Å². The number of anilines is 1. The molecule has 5 heterocycles. The second kappa shape index (κ2) is 8.70. The zero-order chi connectivity index (χ0) is 23.9. The number of nitrogens with zero attached hydrogens (tertiary/aromatic N) is 10. The predicted molar refractivity (Wildman–Crippen MR) is 134 cm³/mol. The fourth-order valence-corrected chi connectivity index (χ4v) is 4.59. The van der Waals surface area contributed by atoms with E-state index in [4.69, 9.17) is 15.0 Å². The third-order valence-electron chi connectivity index (χ3n) is 6.64. The van der Waals surface area contributed by atoms with Crippen molar-refractivity contribution in [1.29, 1.82) is 0 Å². The van der Waals surface area contributed by atoms with Crippen molar-refractivity contribution in [2.45, 2.75) is 26.8 Å². The quantitative estimate of drug-likeness (QED) is 0.389. The van der Waals surface area contributed by atoms with Gasteiger partial charge in [-0.15, -0.1) is 10.2 Å². The first kappa shape index (κ1) is 21.6. The van der Waals surface area contributed by atoms with Gasteiger partial charge in [-0.1, -0.05) is 37.3 Å². The van der Waals surface area contributed by atoms with Gasteiger partial charge >= 0.3 is 0 Å². The summed E-state index contributed by atoms with van der Waals surface area (Å²) in [6, 6.07) is 10.4. The van der Waals surface area contributed by atoms with Gasteiger partial charge in [0.15, 0.2) is 17.1 Å². The number of hydrogen-bond donors (Lipinski definition) is 0. The number of benzene rings is 1. The summed E-state index contributed by atoms with van der Waals surface area (Å²) in [6.07, 6.45) is 4.56. The molecule has 6 rings (SSSR count). The monoisotopic (exact) mass is 468 g/mol. The first-order chi connectivity index (χ1) is 17.1. The van der Waals surface area contributed by atoms with Gasteiger partial charge < -0.3 is 14.4 Å². The van der Waals surface area contributed by atoms with Crippen LogP contribution in [-0.2, 0) is 13.0 Å². The van der Waals surface area contributed by atoms with Crippen LogP contribution in [0.25, 0.3) is 28.3 Å². The molecule has 5 aromatic rings. The van der Waals surface area contributed by atoms with Crippen molar-refractivity contribution in [3.63, 3.8) is 0 Å². The fraction of sp³-hybridized carbons (Fsp3) is 0.360. The summed E-state index contributed by atoms with van der Waals surface area (Å²) in [5.41, 5.74) is 5.20. The van der Waals surface area contributed by atoms with Gasteiger partial charge in [-0.2, -0.15) is 4.98 Å². The van der Waals surface area contributed by atoms with Crippen molar-refractivity contribution >= 4 is 22.8 Å². The standard InChI is InChI=1S/C25H28N10/c1-4-19-24-31-30-17(2)34(24)16-21(27-19)23-28-20-14-26-25(33-12-10-32(3)11-13-33)29-22(20)35(23)15-18-8-6-5-7-9-18/h5-9,14,16H,4,10-13,15H2,1-3H3. The lowest BCUT2D eigenvalue weighted by molar-refractivity contribution is 0.311. The van der Waals surface area contributed by atoms with Crippen LogP contribution in [0, 0.1) is 6.92 Å². The highest BCUT2D eigenvalue weighted by Gasteiger charge is 2.22.